The summed E-state index contributed by atoms with van der Waals surface area (Å²) in [5.74, 6) is 0.582. The van der Waals surface area contributed by atoms with E-state index in [0.29, 0.717) is 5.75 Å². The van der Waals surface area contributed by atoms with Gasteiger partial charge in [-0.2, -0.15) is 0 Å². The molecule has 0 amide bonds. The second-order valence-corrected chi connectivity index (χ2v) is 1.99. The molecule has 0 fully saturated rings. The Morgan fingerprint density at radius 3 is 2.58 bits per heavy atom. The van der Waals surface area contributed by atoms with Crippen LogP contribution in [0.15, 0.2) is 30.3 Å². The molecule has 1 aromatic carbocycles. The molecule has 0 radical (unpaired) electrons. The number of benzene rings is 1. The zero-order valence-electron chi connectivity index (χ0n) is 6.27. The highest BCUT2D eigenvalue weighted by molar-refractivity contribution is 5.56. The molecule has 0 aliphatic rings. The van der Waals surface area contributed by atoms with Gasteiger partial charge in [-0.3, -0.25) is 0 Å². The van der Waals surface area contributed by atoms with Gasteiger partial charge in [-0.1, -0.05) is 18.2 Å². The summed E-state index contributed by atoms with van der Waals surface area (Å²) in [6.07, 6.45) is -1.34. The molecule has 0 aromatic heterocycles. The normalized spacial score (nSPS) is 9.00. The quantitative estimate of drug-likeness (QED) is 0.551. The standard InChI is InChI=1S/C8H8O4/c9-8(10)12-6-11-7-4-2-1-3-5-7/h1-5H,6H2,(H,9,10). The summed E-state index contributed by atoms with van der Waals surface area (Å²) in [5, 5.41) is 8.09. The molecule has 4 heteroatoms. The Bertz CT molecular complexity index is 244. The first-order valence-corrected chi connectivity index (χ1v) is 3.32. The van der Waals surface area contributed by atoms with E-state index >= 15 is 0 Å². The van der Waals surface area contributed by atoms with Gasteiger partial charge in [-0.15, -0.1) is 0 Å². The van der Waals surface area contributed by atoms with Gasteiger partial charge in [0.05, 0.1) is 0 Å². The zero-order chi connectivity index (χ0) is 8.81. The average Bonchev–Trinajstić information content (AvgIpc) is 2.05. The molecule has 1 N–H and O–H groups in total. The summed E-state index contributed by atoms with van der Waals surface area (Å²) in [6.45, 7) is -0.278. The monoisotopic (exact) mass is 168 g/mol. The molecule has 0 saturated carbocycles. The first kappa shape index (κ1) is 8.39. The number of para-hydroxylation sites is 1. The van der Waals surface area contributed by atoms with Gasteiger partial charge in [0, 0.05) is 0 Å². The van der Waals surface area contributed by atoms with E-state index in [0.717, 1.165) is 0 Å². The van der Waals surface area contributed by atoms with Crippen molar-refractivity contribution >= 4 is 6.16 Å². The summed E-state index contributed by atoms with van der Waals surface area (Å²) >= 11 is 0. The van der Waals surface area contributed by atoms with Crippen LogP contribution in [-0.2, 0) is 4.74 Å². The lowest BCUT2D eigenvalue weighted by molar-refractivity contribution is 0.0260. The number of rotatable bonds is 3. The summed E-state index contributed by atoms with van der Waals surface area (Å²) < 4.78 is 9.05. The molecule has 4 nitrogen and oxygen atoms in total. The second kappa shape index (κ2) is 4.23. The SMILES string of the molecule is O=C(O)OCOc1ccccc1. The van der Waals surface area contributed by atoms with Crippen LogP contribution in [0.1, 0.15) is 0 Å². The van der Waals surface area contributed by atoms with E-state index in [-0.39, 0.29) is 6.79 Å². The fourth-order valence-corrected chi connectivity index (χ4v) is 0.665. The van der Waals surface area contributed by atoms with E-state index in [1.165, 1.54) is 0 Å². The molecule has 0 unspecified atom stereocenters. The Labute approximate surface area is 69.3 Å². The van der Waals surface area contributed by atoms with Crippen LogP contribution in [0.3, 0.4) is 0 Å². The van der Waals surface area contributed by atoms with E-state index in [1.807, 2.05) is 6.07 Å². The fourth-order valence-electron chi connectivity index (χ4n) is 0.665. The maximum atomic E-state index is 9.89. The third kappa shape index (κ3) is 2.92. The summed E-state index contributed by atoms with van der Waals surface area (Å²) in [7, 11) is 0. The maximum absolute atomic E-state index is 9.89. The van der Waals surface area contributed by atoms with Gasteiger partial charge in [-0.25, -0.2) is 4.79 Å². The minimum Gasteiger partial charge on any atom is -0.457 e. The van der Waals surface area contributed by atoms with Crippen LogP contribution in [0.4, 0.5) is 4.79 Å². The molecular formula is C8H8O4. The molecule has 0 aliphatic carbocycles. The van der Waals surface area contributed by atoms with Crippen molar-refractivity contribution in [1.29, 1.82) is 0 Å². The van der Waals surface area contributed by atoms with Crippen LogP contribution in [0.5, 0.6) is 5.75 Å². The molecule has 0 spiro atoms. The summed E-state index contributed by atoms with van der Waals surface area (Å²) in [6, 6.07) is 8.84. The van der Waals surface area contributed by atoms with E-state index in [9.17, 15) is 4.79 Å². The largest absolute Gasteiger partial charge is 0.508 e. The lowest BCUT2D eigenvalue weighted by atomic mass is 10.3. The second-order valence-electron chi connectivity index (χ2n) is 1.99. The van der Waals surface area contributed by atoms with E-state index in [4.69, 9.17) is 9.84 Å². The number of hydrogen-bond donors (Lipinski definition) is 1. The first-order valence-electron chi connectivity index (χ1n) is 3.32. The molecule has 1 aromatic rings. The lowest BCUT2D eigenvalue weighted by Gasteiger charge is -2.03. The maximum Gasteiger partial charge on any atom is 0.508 e. The number of ether oxygens (including phenoxy) is 2. The van der Waals surface area contributed by atoms with Crippen molar-refractivity contribution in [2.45, 2.75) is 0 Å². The minimum absolute atomic E-state index is 0.278. The predicted octanol–water partition coefficient (Wildman–Crippen LogP) is 1.72. The van der Waals surface area contributed by atoms with Gasteiger partial charge in [0.1, 0.15) is 5.75 Å². The Morgan fingerprint density at radius 1 is 1.33 bits per heavy atom. The van der Waals surface area contributed by atoms with Crippen molar-refractivity contribution in [3.05, 3.63) is 30.3 Å². The van der Waals surface area contributed by atoms with Gasteiger partial charge in [-0.05, 0) is 12.1 Å². The van der Waals surface area contributed by atoms with Crippen LogP contribution >= 0.6 is 0 Å². The molecule has 64 valence electrons. The van der Waals surface area contributed by atoms with Crippen molar-refractivity contribution < 1.29 is 19.4 Å². The Balaban J connectivity index is 2.29. The number of carboxylic acid groups (broad SMARTS) is 1. The minimum atomic E-state index is -1.34. The van der Waals surface area contributed by atoms with Crippen LogP contribution in [0, 0.1) is 0 Å². The Kier molecular flexibility index (Phi) is 2.95. The van der Waals surface area contributed by atoms with Crippen molar-refractivity contribution in [1.82, 2.24) is 0 Å². The Morgan fingerprint density at radius 2 is 2.00 bits per heavy atom. The van der Waals surface area contributed by atoms with Gasteiger partial charge in [0.15, 0.2) is 0 Å². The molecular weight excluding hydrogens is 160 g/mol. The lowest BCUT2D eigenvalue weighted by Crippen LogP contribution is -2.07. The highest BCUT2D eigenvalue weighted by Gasteiger charge is 1.95. The van der Waals surface area contributed by atoms with Crippen LogP contribution in [0.25, 0.3) is 0 Å². The molecule has 0 saturated heterocycles. The van der Waals surface area contributed by atoms with Gasteiger partial charge < -0.3 is 14.6 Å². The summed E-state index contributed by atoms with van der Waals surface area (Å²) in [4.78, 5) is 9.89. The van der Waals surface area contributed by atoms with Gasteiger partial charge in [0.2, 0.25) is 6.79 Å². The molecule has 1 rings (SSSR count). The summed E-state index contributed by atoms with van der Waals surface area (Å²) in [5.41, 5.74) is 0. The third-order valence-corrected chi connectivity index (χ3v) is 1.15. The molecule has 0 atom stereocenters. The Hall–Kier alpha value is -1.71. The van der Waals surface area contributed by atoms with Crippen molar-refractivity contribution in [2.75, 3.05) is 6.79 Å². The van der Waals surface area contributed by atoms with E-state index in [1.54, 1.807) is 24.3 Å². The molecule has 0 heterocycles. The highest BCUT2D eigenvalue weighted by atomic mass is 16.7. The topological polar surface area (TPSA) is 55.8 Å². The third-order valence-electron chi connectivity index (χ3n) is 1.15. The highest BCUT2D eigenvalue weighted by Crippen LogP contribution is 2.07. The first-order chi connectivity index (χ1) is 5.79. The van der Waals surface area contributed by atoms with Crippen LogP contribution in [-0.4, -0.2) is 18.1 Å². The van der Waals surface area contributed by atoms with Crippen molar-refractivity contribution in [2.24, 2.45) is 0 Å². The average molecular weight is 168 g/mol. The van der Waals surface area contributed by atoms with E-state index < -0.39 is 6.16 Å². The fraction of sp³-hybridized carbons (Fsp3) is 0.125. The van der Waals surface area contributed by atoms with Crippen molar-refractivity contribution in [3.8, 4) is 5.75 Å². The van der Waals surface area contributed by atoms with Crippen LogP contribution in [0.2, 0.25) is 0 Å². The molecule has 12 heavy (non-hydrogen) atoms. The van der Waals surface area contributed by atoms with Gasteiger partial charge >= 0.3 is 6.16 Å². The predicted molar refractivity (Wildman–Crippen MR) is 41.0 cm³/mol. The number of hydrogen-bond acceptors (Lipinski definition) is 3. The molecule has 0 bridgehead atoms. The van der Waals surface area contributed by atoms with E-state index in [2.05, 4.69) is 4.74 Å². The van der Waals surface area contributed by atoms with Gasteiger partial charge in [0.25, 0.3) is 0 Å². The number of carbonyl (C=O) groups is 1. The smallest absolute Gasteiger partial charge is 0.457 e. The molecule has 0 aliphatic heterocycles. The van der Waals surface area contributed by atoms with Crippen molar-refractivity contribution in [3.63, 3.8) is 0 Å². The zero-order valence-corrected chi connectivity index (χ0v) is 6.27. The van der Waals surface area contributed by atoms with Crippen LogP contribution < -0.4 is 4.74 Å².